The van der Waals surface area contributed by atoms with E-state index in [9.17, 15) is 9.18 Å². The molecule has 2 nitrogen and oxygen atoms in total. The lowest BCUT2D eigenvalue weighted by molar-refractivity contribution is -0.128. The van der Waals surface area contributed by atoms with Crippen LogP contribution in [0.2, 0.25) is 0 Å². The zero-order chi connectivity index (χ0) is 9.78. The molecule has 0 bridgehead atoms. The molecule has 1 unspecified atom stereocenters. The molecule has 1 atom stereocenters. The molecule has 72 valence electrons. The molecule has 3 heteroatoms. The fourth-order valence-corrected chi connectivity index (χ4v) is 1.19. The van der Waals surface area contributed by atoms with Crippen molar-refractivity contribution in [3.63, 3.8) is 0 Å². The summed E-state index contributed by atoms with van der Waals surface area (Å²) < 4.78 is 13.0. The second kappa shape index (κ2) is 4.43. The van der Waals surface area contributed by atoms with Crippen LogP contribution in [0.4, 0.5) is 4.39 Å². The molecule has 0 radical (unpaired) electrons. The van der Waals surface area contributed by atoms with Gasteiger partial charge in [-0.3, -0.25) is 4.79 Å². The Morgan fingerprint density at radius 1 is 1.50 bits per heavy atom. The van der Waals surface area contributed by atoms with E-state index in [1.807, 2.05) is 13.8 Å². The maximum atomic E-state index is 13.0. The largest absolute Gasteiger partial charge is 0.340 e. The highest BCUT2D eigenvalue weighted by Gasteiger charge is 2.34. The van der Waals surface area contributed by atoms with Gasteiger partial charge in [-0.15, -0.1) is 0 Å². The van der Waals surface area contributed by atoms with Crippen LogP contribution in [0.1, 0.15) is 34.1 Å². The zero-order valence-corrected chi connectivity index (χ0v) is 8.35. The van der Waals surface area contributed by atoms with Crippen molar-refractivity contribution in [2.45, 2.75) is 39.8 Å². The van der Waals surface area contributed by atoms with Gasteiger partial charge in [-0.2, -0.15) is 0 Å². The lowest BCUT2D eigenvalue weighted by atomic mass is 10.1. The molecule has 1 rings (SSSR count). The number of rotatable bonds is 0. The van der Waals surface area contributed by atoms with Gasteiger partial charge in [0.05, 0.1) is 6.54 Å². The highest BCUT2D eigenvalue weighted by atomic mass is 19.1. The molecule has 0 saturated carbocycles. The van der Waals surface area contributed by atoms with Crippen molar-refractivity contribution in [2.24, 2.45) is 0 Å². The molecule has 0 aliphatic carbocycles. The minimum atomic E-state index is -1.15. The van der Waals surface area contributed by atoms with Crippen LogP contribution in [0, 0.1) is 0 Å². The van der Waals surface area contributed by atoms with E-state index in [1.165, 1.54) is 13.8 Å². The first-order valence-electron chi connectivity index (χ1n) is 4.46. The summed E-state index contributed by atoms with van der Waals surface area (Å²) in [5.41, 5.74) is -1.15. The van der Waals surface area contributed by atoms with Crippen LogP contribution in [0.15, 0.2) is 0 Å². The van der Waals surface area contributed by atoms with Crippen LogP contribution in [0.3, 0.4) is 0 Å². The third kappa shape index (κ3) is 3.20. The first kappa shape index (κ1) is 11.4. The van der Waals surface area contributed by atoms with Crippen molar-refractivity contribution in [1.29, 1.82) is 0 Å². The van der Waals surface area contributed by atoms with Gasteiger partial charge in [-0.1, -0.05) is 13.8 Å². The first-order valence-corrected chi connectivity index (χ1v) is 4.46. The van der Waals surface area contributed by atoms with Crippen LogP contribution in [0.5, 0.6) is 0 Å². The van der Waals surface area contributed by atoms with Crippen LogP contribution in [-0.4, -0.2) is 29.6 Å². The summed E-state index contributed by atoms with van der Waals surface area (Å²) in [6, 6.07) is 0. The molecule has 1 saturated heterocycles. The second-order valence-corrected chi connectivity index (χ2v) is 3.10. The standard InChI is InChI=1S/C7H12FNO.C2H6/c1-6(10)9-4-3-7(2,8)5-9;1-2/h3-5H2,1-2H3;1-2H3. The maximum Gasteiger partial charge on any atom is 0.219 e. The number of hydrogen-bond donors (Lipinski definition) is 0. The number of likely N-dealkylation sites (tertiary alicyclic amines) is 1. The Kier molecular flexibility index (Phi) is 4.21. The number of alkyl halides is 1. The molecular formula is C9H18FNO. The predicted octanol–water partition coefficient (Wildman–Crippen LogP) is 1.99. The van der Waals surface area contributed by atoms with Gasteiger partial charge in [0.1, 0.15) is 5.67 Å². The summed E-state index contributed by atoms with van der Waals surface area (Å²) in [6.45, 7) is 7.85. The number of hydrogen-bond acceptors (Lipinski definition) is 1. The summed E-state index contributed by atoms with van der Waals surface area (Å²) in [5.74, 6) is -0.0265. The van der Waals surface area contributed by atoms with Crippen molar-refractivity contribution < 1.29 is 9.18 Å². The van der Waals surface area contributed by atoms with Gasteiger partial charge in [0.25, 0.3) is 0 Å². The zero-order valence-electron chi connectivity index (χ0n) is 8.35. The van der Waals surface area contributed by atoms with Gasteiger partial charge in [0, 0.05) is 19.9 Å². The fraction of sp³-hybridized carbons (Fsp3) is 0.889. The molecule has 1 heterocycles. The van der Waals surface area contributed by atoms with Gasteiger partial charge in [-0.25, -0.2) is 4.39 Å². The van der Waals surface area contributed by atoms with Crippen LogP contribution in [0.25, 0.3) is 0 Å². The second-order valence-electron chi connectivity index (χ2n) is 3.10. The third-order valence-electron chi connectivity index (χ3n) is 1.87. The van der Waals surface area contributed by atoms with Gasteiger partial charge in [0.15, 0.2) is 0 Å². The van der Waals surface area contributed by atoms with E-state index < -0.39 is 5.67 Å². The summed E-state index contributed by atoms with van der Waals surface area (Å²) >= 11 is 0. The van der Waals surface area contributed by atoms with E-state index in [-0.39, 0.29) is 12.5 Å². The molecule has 0 N–H and O–H groups in total. The summed E-state index contributed by atoms with van der Waals surface area (Å²) in [7, 11) is 0. The lowest BCUT2D eigenvalue weighted by Crippen LogP contribution is -2.29. The molecule has 0 aromatic heterocycles. The van der Waals surface area contributed by atoms with E-state index in [0.717, 1.165) is 0 Å². The topological polar surface area (TPSA) is 20.3 Å². The number of carbonyl (C=O) groups is 1. The Morgan fingerprint density at radius 2 is 2.00 bits per heavy atom. The molecule has 0 spiro atoms. The Labute approximate surface area is 73.7 Å². The molecule has 1 fully saturated rings. The van der Waals surface area contributed by atoms with Gasteiger partial charge < -0.3 is 4.90 Å². The maximum absolute atomic E-state index is 13.0. The number of amides is 1. The van der Waals surface area contributed by atoms with E-state index in [1.54, 1.807) is 4.90 Å². The van der Waals surface area contributed by atoms with Gasteiger partial charge in [-0.05, 0) is 6.92 Å². The van der Waals surface area contributed by atoms with Crippen molar-refractivity contribution >= 4 is 5.91 Å². The number of carbonyl (C=O) groups excluding carboxylic acids is 1. The lowest BCUT2D eigenvalue weighted by Gasteiger charge is -2.14. The molecule has 1 aliphatic rings. The summed E-state index contributed by atoms with van der Waals surface area (Å²) in [4.78, 5) is 12.2. The van der Waals surface area contributed by atoms with Crippen LogP contribution < -0.4 is 0 Å². The number of nitrogens with zero attached hydrogens (tertiary/aromatic N) is 1. The van der Waals surface area contributed by atoms with Crippen LogP contribution >= 0.6 is 0 Å². The Hall–Kier alpha value is -0.600. The predicted molar refractivity (Wildman–Crippen MR) is 47.7 cm³/mol. The van der Waals surface area contributed by atoms with E-state index in [2.05, 4.69) is 0 Å². The van der Waals surface area contributed by atoms with E-state index in [0.29, 0.717) is 13.0 Å². The van der Waals surface area contributed by atoms with Crippen molar-refractivity contribution in [1.82, 2.24) is 4.90 Å². The number of halogens is 1. The Bertz CT molecular complexity index is 157. The molecule has 0 aromatic rings. The Balaban J connectivity index is 0.000000561. The normalized spacial score (nSPS) is 27.9. The van der Waals surface area contributed by atoms with Gasteiger partial charge in [0.2, 0.25) is 5.91 Å². The quantitative estimate of drug-likeness (QED) is 0.551. The van der Waals surface area contributed by atoms with Crippen molar-refractivity contribution in [3.8, 4) is 0 Å². The minimum Gasteiger partial charge on any atom is -0.340 e. The highest BCUT2D eigenvalue weighted by molar-refractivity contribution is 5.73. The molecule has 12 heavy (non-hydrogen) atoms. The molecule has 1 amide bonds. The smallest absolute Gasteiger partial charge is 0.219 e. The average molecular weight is 175 g/mol. The summed E-state index contributed by atoms with van der Waals surface area (Å²) in [5, 5.41) is 0. The minimum absolute atomic E-state index is 0.0265. The van der Waals surface area contributed by atoms with Gasteiger partial charge >= 0.3 is 0 Å². The first-order chi connectivity index (χ1) is 5.51. The fourth-order valence-electron chi connectivity index (χ4n) is 1.19. The van der Waals surface area contributed by atoms with E-state index in [4.69, 9.17) is 0 Å². The van der Waals surface area contributed by atoms with Crippen LogP contribution in [-0.2, 0) is 4.79 Å². The van der Waals surface area contributed by atoms with Crippen molar-refractivity contribution in [2.75, 3.05) is 13.1 Å². The SMILES string of the molecule is CC.CC(=O)N1CCC(C)(F)C1. The van der Waals surface area contributed by atoms with Crippen molar-refractivity contribution in [3.05, 3.63) is 0 Å². The third-order valence-corrected chi connectivity index (χ3v) is 1.87. The average Bonchev–Trinajstić information content (AvgIpc) is 2.35. The summed E-state index contributed by atoms with van der Waals surface area (Å²) in [6.07, 6.45) is 0.479. The molecule has 1 aliphatic heterocycles. The molecule has 0 aromatic carbocycles. The monoisotopic (exact) mass is 175 g/mol. The Morgan fingerprint density at radius 3 is 2.17 bits per heavy atom. The van der Waals surface area contributed by atoms with E-state index >= 15 is 0 Å². The molecular weight excluding hydrogens is 157 g/mol. The highest BCUT2D eigenvalue weighted by Crippen LogP contribution is 2.24.